The SMILES string of the molecule is CN(C)C(=O)c1ccc(Sc2ccccc2)c(N)c1. The summed E-state index contributed by atoms with van der Waals surface area (Å²) >= 11 is 1.59. The second-order valence-corrected chi connectivity index (χ2v) is 5.48. The van der Waals surface area contributed by atoms with Gasteiger partial charge >= 0.3 is 0 Å². The summed E-state index contributed by atoms with van der Waals surface area (Å²) in [5, 5.41) is 0. The van der Waals surface area contributed by atoms with Gasteiger partial charge in [0.25, 0.3) is 5.91 Å². The first-order valence-electron chi connectivity index (χ1n) is 5.92. The van der Waals surface area contributed by atoms with Gasteiger partial charge in [-0.15, -0.1) is 0 Å². The van der Waals surface area contributed by atoms with Crippen molar-refractivity contribution in [1.82, 2.24) is 4.90 Å². The maximum absolute atomic E-state index is 11.8. The van der Waals surface area contributed by atoms with Crippen LogP contribution in [0.25, 0.3) is 0 Å². The third kappa shape index (κ3) is 3.29. The van der Waals surface area contributed by atoms with Crippen LogP contribution in [0.3, 0.4) is 0 Å². The fraction of sp³-hybridized carbons (Fsp3) is 0.133. The summed E-state index contributed by atoms with van der Waals surface area (Å²) in [5.41, 5.74) is 7.25. The van der Waals surface area contributed by atoms with E-state index in [4.69, 9.17) is 5.73 Å². The average molecular weight is 272 g/mol. The maximum atomic E-state index is 11.8. The number of nitrogen functional groups attached to an aromatic ring is 1. The number of hydrogen-bond acceptors (Lipinski definition) is 3. The molecule has 3 nitrogen and oxygen atoms in total. The second kappa shape index (κ2) is 5.80. The van der Waals surface area contributed by atoms with Gasteiger partial charge in [-0.3, -0.25) is 4.79 Å². The molecule has 2 rings (SSSR count). The number of benzene rings is 2. The zero-order valence-corrected chi connectivity index (χ0v) is 11.8. The van der Waals surface area contributed by atoms with Gasteiger partial charge in [-0.2, -0.15) is 0 Å². The van der Waals surface area contributed by atoms with E-state index in [-0.39, 0.29) is 5.91 Å². The predicted octanol–water partition coefficient (Wildman–Crippen LogP) is 3.12. The van der Waals surface area contributed by atoms with Gasteiger partial charge in [-0.1, -0.05) is 30.0 Å². The molecule has 0 aliphatic heterocycles. The van der Waals surface area contributed by atoms with Gasteiger partial charge in [-0.05, 0) is 30.3 Å². The molecule has 0 aromatic heterocycles. The molecule has 0 heterocycles. The second-order valence-electron chi connectivity index (χ2n) is 4.37. The van der Waals surface area contributed by atoms with Crippen molar-refractivity contribution in [2.75, 3.05) is 19.8 Å². The molecule has 2 N–H and O–H groups in total. The number of nitrogens with zero attached hydrogens (tertiary/aromatic N) is 1. The molecule has 0 saturated carbocycles. The van der Waals surface area contributed by atoms with Gasteiger partial charge in [0.2, 0.25) is 0 Å². The lowest BCUT2D eigenvalue weighted by Crippen LogP contribution is -2.21. The molecular formula is C15H16N2OS. The first-order valence-corrected chi connectivity index (χ1v) is 6.73. The minimum atomic E-state index is -0.0389. The highest BCUT2D eigenvalue weighted by atomic mass is 32.2. The zero-order valence-electron chi connectivity index (χ0n) is 11.0. The van der Waals surface area contributed by atoms with Gasteiger partial charge in [0.1, 0.15) is 0 Å². The van der Waals surface area contributed by atoms with Crippen LogP contribution in [0.5, 0.6) is 0 Å². The van der Waals surface area contributed by atoms with E-state index in [1.54, 1.807) is 36.8 Å². The fourth-order valence-electron chi connectivity index (χ4n) is 1.65. The molecule has 0 unspecified atom stereocenters. The molecule has 2 aromatic rings. The van der Waals surface area contributed by atoms with Gasteiger partial charge in [0.05, 0.1) is 0 Å². The Morgan fingerprint density at radius 1 is 1.11 bits per heavy atom. The highest BCUT2D eigenvalue weighted by molar-refractivity contribution is 7.99. The molecule has 1 amide bonds. The van der Waals surface area contributed by atoms with Crippen LogP contribution in [0.2, 0.25) is 0 Å². The molecule has 0 atom stereocenters. The van der Waals surface area contributed by atoms with E-state index in [9.17, 15) is 4.79 Å². The summed E-state index contributed by atoms with van der Waals surface area (Å²) in [6, 6.07) is 15.4. The molecule has 0 fully saturated rings. The van der Waals surface area contributed by atoms with Crippen molar-refractivity contribution in [2.24, 2.45) is 0 Å². The summed E-state index contributed by atoms with van der Waals surface area (Å²) in [6.07, 6.45) is 0. The molecular weight excluding hydrogens is 256 g/mol. The minimum absolute atomic E-state index is 0.0389. The van der Waals surface area contributed by atoms with Crippen LogP contribution in [0.4, 0.5) is 5.69 Å². The molecule has 0 bridgehead atoms. The van der Waals surface area contributed by atoms with Crippen molar-refractivity contribution in [2.45, 2.75) is 9.79 Å². The quantitative estimate of drug-likeness (QED) is 0.873. The Morgan fingerprint density at radius 3 is 2.37 bits per heavy atom. The number of amides is 1. The van der Waals surface area contributed by atoms with Crippen LogP contribution in [-0.2, 0) is 0 Å². The van der Waals surface area contributed by atoms with E-state index < -0.39 is 0 Å². The number of carbonyl (C=O) groups excluding carboxylic acids is 1. The van der Waals surface area contributed by atoms with Crippen LogP contribution >= 0.6 is 11.8 Å². The van der Waals surface area contributed by atoms with E-state index >= 15 is 0 Å². The molecule has 0 radical (unpaired) electrons. The minimum Gasteiger partial charge on any atom is -0.398 e. The maximum Gasteiger partial charge on any atom is 0.253 e. The molecule has 0 aliphatic rings. The monoisotopic (exact) mass is 272 g/mol. The van der Waals surface area contributed by atoms with Crippen molar-refractivity contribution in [3.05, 3.63) is 54.1 Å². The number of nitrogens with two attached hydrogens (primary N) is 1. The first-order chi connectivity index (χ1) is 9.08. The molecule has 4 heteroatoms. The topological polar surface area (TPSA) is 46.3 Å². The summed E-state index contributed by atoms with van der Waals surface area (Å²) in [4.78, 5) is 15.5. The lowest BCUT2D eigenvalue weighted by Gasteiger charge is -2.12. The first kappa shape index (κ1) is 13.5. The van der Waals surface area contributed by atoms with Crippen LogP contribution in [0.1, 0.15) is 10.4 Å². The zero-order chi connectivity index (χ0) is 13.8. The molecule has 98 valence electrons. The lowest BCUT2D eigenvalue weighted by molar-refractivity contribution is 0.0827. The predicted molar refractivity (Wildman–Crippen MR) is 79.4 cm³/mol. The number of rotatable bonds is 3. The Hall–Kier alpha value is -1.94. The molecule has 0 saturated heterocycles. The van der Waals surface area contributed by atoms with Crippen molar-refractivity contribution in [3.8, 4) is 0 Å². The lowest BCUT2D eigenvalue weighted by atomic mass is 10.2. The Morgan fingerprint density at radius 2 is 1.79 bits per heavy atom. The van der Waals surface area contributed by atoms with Crippen molar-refractivity contribution >= 4 is 23.4 Å². The summed E-state index contributed by atoms with van der Waals surface area (Å²) < 4.78 is 0. The fourth-order valence-corrected chi connectivity index (χ4v) is 2.51. The van der Waals surface area contributed by atoms with Crippen LogP contribution < -0.4 is 5.73 Å². The van der Waals surface area contributed by atoms with Crippen molar-refractivity contribution in [3.63, 3.8) is 0 Å². The smallest absolute Gasteiger partial charge is 0.253 e. The summed E-state index contributed by atoms with van der Waals surface area (Å²) in [7, 11) is 3.45. The molecule has 0 spiro atoms. The molecule has 2 aromatic carbocycles. The third-order valence-electron chi connectivity index (χ3n) is 2.63. The standard InChI is InChI=1S/C15H16N2OS/c1-17(2)15(18)11-8-9-14(13(16)10-11)19-12-6-4-3-5-7-12/h3-10H,16H2,1-2H3. The Kier molecular flexibility index (Phi) is 4.12. The van der Waals surface area contributed by atoms with E-state index in [1.165, 1.54) is 0 Å². The average Bonchev–Trinajstić information content (AvgIpc) is 2.41. The van der Waals surface area contributed by atoms with E-state index in [0.29, 0.717) is 11.3 Å². The van der Waals surface area contributed by atoms with Crippen LogP contribution in [-0.4, -0.2) is 24.9 Å². The van der Waals surface area contributed by atoms with Gasteiger partial charge in [0, 0.05) is 35.1 Å². The Bertz CT molecular complexity index is 582. The van der Waals surface area contributed by atoms with Gasteiger partial charge in [0.15, 0.2) is 0 Å². The highest BCUT2D eigenvalue weighted by Crippen LogP contribution is 2.32. The van der Waals surface area contributed by atoms with Crippen molar-refractivity contribution < 1.29 is 4.79 Å². The Labute approximate surface area is 117 Å². The number of anilines is 1. The number of hydrogen-bond donors (Lipinski definition) is 1. The molecule has 19 heavy (non-hydrogen) atoms. The molecule has 0 aliphatic carbocycles. The van der Waals surface area contributed by atoms with Crippen LogP contribution in [0, 0.1) is 0 Å². The Balaban J connectivity index is 2.23. The summed E-state index contributed by atoms with van der Waals surface area (Å²) in [6.45, 7) is 0. The van der Waals surface area contributed by atoms with E-state index in [2.05, 4.69) is 0 Å². The largest absolute Gasteiger partial charge is 0.398 e. The summed E-state index contributed by atoms with van der Waals surface area (Å²) in [5.74, 6) is -0.0389. The van der Waals surface area contributed by atoms with Crippen molar-refractivity contribution in [1.29, 1.82) is 0 Å². The van der Waals surface area contributed by atoms with Gasteiger partial charge < -0.3 is 10.6 Å². The highest BCUT2D eigenvalue weighted by Gasteiger charge is 2.10. The normalized spacial score (nSPS) is 10.2. The van der Waals surface area contributed by atoms with Gasteiger partial charge in [-0.25, -0.2) is 0 Å². The van der Waals surface area contributed by atoms with E-state index in [0.717, 1.165) is 9.79 Å². The van der Waals surface area contributed by atoms with Crippen LogP contribution in [0.15, 0.2) is 58.3 Å². The van der Waals surface area contributed by atoms with E-state index in [1.807, 2.05) is 42.5 Å². The third-order valence-corrected chi connectivity index (χ3v) is 3.73. The number of carbonyl (C=O) groups is 1.